The minimum Gasteiger partial charge on any atom is -0.455 e. The van der Waals surface area contributed by atoms with E-state index in [4.69, 9.17) is 4.42 Å². The first-order valence-corrected chi connectivity index (χ1v) is 13.5. The second kappa shape index (κ2) is 10.9. The summed E-state index contributed by atoms with van der Waals surface area (Å²) in [4.78, 5) is 2.26. The van der Waals surface area contributed by atoms with Crippen LogP contribution in [0, 0.1) is 0 Å². The molecule has 0 N–H and O–H groups in total. The van der Waals surface area contributed by atoms with Crippen LogP contribution < -0.4 is 4.90 Å². The largest absolute Gasteiger partial charge is 0.455 e. The lowest BCUT2D eigenvalue weighted by molar-refractivity contribution is 0.668. The molecule has 2 nitrogen and oxygen atoms in total. The van der Waals surface area contributed by atoms with Crippen molar-refractivity contribution in [2.24, 2.45) is 0 Å². The number of furan rings is 1. The lowest BCUT2D eigenvalue weighted by Crippen LogP contribution is -2.21. The van der Waals surface area contributed by atoms with Gasteiger partial charge in [0, 0.05) is 34.3 Å². The van der Waals surface area contributed by atoms with Crippen LogP contribution in [0.25, 0.3) is 44.4 Å². The molecule has 0 bridgehead atoms. The first-order valence-electron chi connectivity index (χ1n) is 13.5. The van der Waals surface area contributed by atoms with E-state index in [0.717, 1.165) is 51.7 Å². The Bertz CT molecular complexity index is 1810. The number of hydrogen-bond acceptors (Lipinski definition) is 2. The number of anilines is 1. The van der Waals surface area contributed by atoms with Crippen LogP contribution in [0.5, 0.6) is 0 Å². The van der Waals surface area contributed by atoms with Crippen molar-refractivity contribution in [3.8, 4) is 0 Å². The molecule has 4 aromatic carbocycles. The monoisotopic (exact) mass is 505 g/mol. The summed E-state index contributed by atoms with van der Waals surface area (Å²) in [6.45, 7) is 8.61. The third-order valence-electron chi connectivity index (χ3n) is 7.23. The Hall–Kier alpha value is -4.82. The molecule has 1 aliphatic carbocycles. The molecule has 39 heavy (non-hydrogen) atoms. The van der Waals surface area contributed by atoms with Gasteiger partial charge in [-0.05, 0) is 71.2 Å². The van der Waals surface area contributed by atoms with Crippen LogP contribution in [-0.2, 0) is 0 Å². The van der Waals surface area contributed by atoms with Crippen LogP contribution in [0.4, 0.5) is 5.69 Å². The smallest absolute Gasteiger partial charge is 0.142 e. The molecule has 2 heteroatoms. The van der Waals surface area contributed by atoms with E-state index >= 15 is 0 Å². The highest BCUT2D eigenvalue weighted by molar-refractivity contribution is 6.11. The zero-order chi connectivity index (χ0) is 26.6. The summed E-state index contributed by atoms with van der Waals surface area (Å²) in [5, 5.41) is 4.64. The van der Waals surface area contributed by atoms with Gasteiger partial charge in [-0.3, -0.25) is 0 Å². The summed E-state index contributed by atoms with van der Waals surface area (Å²) >= 11 is 0. The fourth-order valence-electron chi connectivity index (χ4n) is 5.31. The molecule has 1 aromatic heterocycles. The Kier molecular flexibility index (Phi) is 6.84. The molecule has 0 saturated carbocycles. The van der Waals surface area contributed by atoms with E-state index in [9.17, 15) is 0 Å². The molecule has 0 amide bonds. The van der Waals surface area contributed by atoms with Gasteiger partial charge in [-0.15, -0.1) is 6.58 Å². The average Bonchev–Trinajstić information content (AvgIpc) is 3.36. The van der Waals surface area contributed by atoms with Crippen LogP contribution in [0.15, 0.2) is 145 Å². The second-order valence-corrected chi connectivity index (χ2v) is 9.77. The van der Waals surface area contributed by atoms with Gasteiger partial charge in [0.15, 0.2) is 0 Å². The molecule has 0 aliphatic heterocycles. The van der Waals surface area contributed by atoms with Crippen LogP contribution in [0.1, 0.15) is 24.0 Å². The van der Waals surface area contributed by atoms with Gasteiger partial charge in [-0.1, -0.05) is 97.6 Å². The van der Waals surface area contributed by atoms with Gasteiger partial charge in [0.25, 0.3) is 0 Å². The van der Waals surface area contributed by atoms with E-state index in [1.807, 2.05) is 12.2 Å². The van der Waals surface area contributed by atoms with E-state index in [-0.39, 0.29) is 0 Å². The Morgan fingerprint density at radius 3 is 2.44 bits per heavy atom. The van der Waals surface area contributed by atoms with Crippen LogP contribution in [0.3, 0.4) is 0 Å². The van der Waals surface area contributed by atoms with Crippen molar-refractivity contribution < 1.29 is 4.42 Å². The van der Waals surface area contributed by atoms with Crippen molar-refractivity contribution in [3.05, 3.63) is 151 Å². The topological polar surface area (TPSA) is 16.4 Å². The van der Waals surface area contributed by atoms with Gasteiger partial charge in [0.2, 0.25) is 0 Å². The summed E-state index contributed by atoms with van der Waals surface area (Å²) in [7, 11) is 0. The van der Waals surface area contributed by atoms with Crippen LogP contribution in [0.2, 0.25) is 0 Å². The summed E-state index contributed by atoms with van der Waals surface area (Å²) in [6.07, 6.45) is 19.0. The Balaban J connectivity index is 1.45. The van der Waals surface area contributed by atoms with Gasteiger partial charge < -0.3 is 9.32 Å². The third-order valence-corrected chi connectivity index (χ3v) is 7.23. The molecule has 1 heterocycles. The van der Waals surface area contributed by atoms with E-state index in [2.05, 4.69) is 127 Å². The minimum absolute atomic E-state index is 0.663. The summed E-state index contributed by atoms with van der Waals surface area (Å²) in [5.74, 6) is 0. The first-order chi connectivity index (χ1) is 19.2. The van der Waals surface area contributed by atoms with E-state index in [0.29, 0.717) is 6.54 Å². The molecule has 0 unspecified atom stereocenters. The fraction of sp³-hybridized carbons (Fsp3) is 0.0811. The Morgan fingerprint density at radius 2 is 1.69 bits per heavy atom. The van der Waals surface area contributed by atoms with Crippen molar-refractivity contribution >= 4 is 50.0 Å². The maximum absolute atomic E-state index is 6.49. The molecule has 1 aliphatic rings. The van der Waals surface area contributed by atoms with Crippen molar-refractivity contribution in [2.75, 3.05) is 11.4 Å². The van der Waals surface area contributed by atoms with Crippen LogP contribution in [-0.4, -0.2) is 6.54 Å². The average molecular weight is 506 g/mol. The first kappa shape index (κ1) is 24.5. The van der Waals surface area contributed by atoms with E-state index in [1.165, 1.54) is 21.9 Å². The summed E-state index contributed by atoms with van der Waals surface area (Å²) in [5.41, 5.74) is 7.46. The zero-order valence-corrected chi connectivity index (χ0v) is 22.0. The van der Waals surface area contributed by atoms with Crippen molar-refractivity contribution in [1.82, 2.24) is 0 Å². The number of fused-ring (bicyclic) bond motifs is 4. The van der Waals surface area contributed by atoms with E-state index < -0.39 is 0 Å². The number of para-hydroxylation sites is 1. The normalized spacial score (nSPS) is 13.8. The van der Waals surface area contributed by atoms with Crippen molar-refractivity contribution in [1.29, 1.82) is 0 Å². The number of nitrogens with zero attached hydrogens (tertiary/aromatic N) is 1. The molecule has 0 atom stereocenters. The van der Waals surface area contributed by atoms with Gasteiger partial charge >= 0.3 is 0 Å². The molecular weight excluding hydrogens is 474 g/mol. The van der Waals surface area contributed by atoms with Crippen molar-refractivity contribution in [3.63, 3.8) is 0 Å². The number of hydrogen-bond donors (Lipinski definition) is 0. The maximum atomic E-state index is 6.49. The molecule has 0 radical (unpaired) electrons. The predicted octanol–water partition coefficient (Wildman–Crippen LogP) is 10.2. The highest BCUT2D eigenvalue weighted by Crippen LogP contribution is 2.35. The fourth-order valence-corrected chi connectivity index (χ4v) is 5.31. The number of allylic oxidation sites excluding steroid dienone is 7. The highest BCUT2D eigenvalue weighted by atomic mass is 16.3. The van der Waals surface area contributed by atoms with Gasteiger partial charge in [-0.2, -0.15) is 0 Å². The Morgan fingerprint density at radius 1 is 0.872 bits per heavy atom. The zero-order valence-electron chi connectivity index (χ0n) is 22.0. The molecule has 190 valence electrons. The molecule has 0 saturated heterocycles. The maximum Gasteiger partial charge on any atom is 0.142 e. The minimum atomic E-state index is 0.663. The molecule has 6 rings (SSSR count). The van der Waals surface area contributed by atoms with Crippen molar-refractivity contribution in [2.45, 2.75) is 12.8 Å². The predicted molar refractivity (Wildman–Crippen MR) is 169 cm³/mol. The highest BCUT2D eigenvalue weighted by Gasteiger charge is 2.14. The van der Waals surface area contributed by atoms with Crippen LogP contribution >= 0.6 is 0 Å². The van der Waals surface area contributed by atoms with E-state index in [1.54, 1.807) is 6.08 Å². The standard InChI is InChI=1S/C37H31NO/c1-3-5-17-33(38(23-4-2)32-21-19-28(20-22-32)27-12-7-6-8-13-27)24-31-16-11-18-34-35-25-29-14-9-10-15-30(29)26-36(35)39-37(31)34/h3-5,7,9-22,24-26H,1-2,6,8,23H2/b17-5-,33-24-. The Labute approximate surface area is 229 Å². The summed E-state index contributed by atoms with van der Waals surface area (Å²) in [6, 6.07) is 27.9. The van der Waals surface area contributed by atoms with Gasteiger partial charge in [-0.25, -0.2) is 0 Å². The third kappa shape index (κ3) is 4.89. The molecule has 0 fully saturated rings. The summed E-state index contributed by atoms with van der Waals surface area (Å²) < 4.78 is 6.49. The lowest BCUT2D eigenvalue weighted by atomic mass is 9.99. The van der Waals surface area contributed by atoms with Gasteiger partial charge in [0.1, 0.15) is 11.2 Å². The molecule has 0 spiro atoms. The van der Waals surface area contributed by atoms with Gasteiger partial charge in [0.05, 0.1) is 0 Å². The quantitative estimate of drug-likeness (QED) is 0.154. The molecular formula is C37H31NO. The molecule has 5 aromatic rings. The lowest BCUT2D eigenvalue weighted by Gasteiger charge is -2.25. The SMILES string of the molecule is C=C/C=C\C(=C\c1cccc2c1oc1cc3ccccc3cc12)N(CC=C)c1ccc(C2=CCCC=C2)cc1. The number of rotatable bonds is 8. The number of benzene rings is 4. The second-order valence-electron chi connectivity index (χ2n) is 9.77.